The van der Waals surface area contributed by atoms with Gasteiger partial charge in [0.1, 0.15) is 0 Å². The molecule has 1 aromatic heterocycles. The number of morpholine rings is 1. The summed E-state index contributed by atoms with van der Waals surface area (Å²) in [4.78, 5) is 29.4. The van der Waals surface area contributed by atoms with Crippen LogP contribution in [0.15, 0.2) is 6.07 Å². The zero-order chi connectivity index (χ0) is 17.9. The van der Waals surface area contributed by atoms with Gasteiger partial charge < -0.3 is 15.0 Å². The fraction of sp³-hybridized carbons (Fsp3) is 0.700. The van der Waals surface area contributed by atoms with Crippen LogP contribution >= 0.6 is 11.3 Å². The molecule has 1 N–H and O–H groups in total. The predicted molar refractivity (Wildman–Crippen MR) is 102 cm³/mol. The Morgan fingerprint density at radius 2 is 1.88 bits per heavy atom. The van der Waals surface area contributed by atoms with Crippen LogP contribution in [0.4, 0.5) is 0 Å². The molecule has 6 heteroatoms. The van der Waals surface area contributed by atoms with E-state index in [2.05, 4.69) is 5.32 Å². The maximum absolute atomic E-state index is 12.7. The number of carbonyl (C=O) groups is 2. The van der Waals surface area contributed by atoms with Crippen LogP contribution in [0.3, 0.4) is 0 Å². The van der Waals surface area contributed by atoms with E-state index in [9.17, 15) is 9.59 Å². The third-order valence-corrected chi connectivity index (χ3v) is 7.14. The van der Waals surface area contributed by atoms with Crippen molar-refractivity contribution in [3.8, 4) is 0 Å². The van der Waals surface area contributed by atoms with E-state index in [0.717, 1.165) is 37.0 Å². The van der Waals surface area contributed by atoms with Crippen molar-refractivity contribution in [2.24, 2.45) is 5.92 Å². The molecule has 1 aliphatic heterocycles. The maximum Gasteiger partial charge on any atom is 0.264 e. The van der Waals surface area contributed by atoms with Crippen LogP contribution in [0, 0.1) is 5.92 Å². The van der Waals surface area contributed by atoms with Crippen molar-refractivity contribution < 1.29 is 14.3 Å². The fourth-order valence-corrected chi connectivity index (χ4v) is 5.52. The second-order valence-electron chi connectivity index (χ2n) is 7.75. The molecular formula is C20H28N2O3S. The molecule has 5 nitrogen and oxygen atoms in total. The molecule has 2 amide bonds. The van der Waals surface area contributed by atoms with Crippen LogP contribution in [0.1, 0.15) is 58.6 Å². The standard InChI is InChI=1S/C20H28N2O3S/c23-19(21-16-4-2-1-3-5-16)14-6-7-17-15(12-14)13-18(26-17)20(24)22-8-10-25-11-9-22/h13-14,16H,1-12H2,(H,21,23)/t14-/m0/s1. The van der Waals surface area contributed by atoms with Gasteiger partial charge in [-0.1, -0.05) is 19.3 Å². The maximum atomic E-state index is 12.7. The van der Waals surface area contributed by atoms with Gasteiger partial charge in [-0.15, -0.1) is 11.3 Å². The van der Waals surface area contributed by atoms with Gasteiger partial charge in [-0.25, -0.2) is 0 Å². The van der Waals surface area contributed by atoms with E-state index in [4.69, 9.17) is 4.74 Å². The van der Waals surface area contributed by atoms with Crippen molar-refractivity contribution >= 4 is 23.2 Å². The average Bonchev–Trinajstić information content (AvgIpc) is 3.12. The molecule has 4 rings (SSSR count). The summed E-state index contributed by atoms with van der Waals surface area (Å²) in [5, 5.41) is 3.28. The molecule has 3 aliphatic rings. The monoisotopic (exact) mass is 376 g/mol. The van der Waals surface area contributed by atoms with Crippen molar-refractivity contribution in [2.45, 2.75) is 57.4 Å². The second-order valence-corrected chi connectivity index (χ2v) is 8.88. The zero-order valence-corrected chi connectivity index (χ0v) is 16.1. The average molecular weight is 377 g/mol. The number of carbonyl (C=O) groups excluding carboxylic acids is 2. The Hall–Kier alpha value is -1.40. The van der Waals surface area contributed by atoms with Gasteiger partial charge in [-0.05, 0) is 43.7 Å². The number of aryl methyl sites for hydroxylation is 1. The van der Waals surface area contributed by atoms with Gasteiger partial charge >= 0.3 is 0 Å². The first kappa shape index (κ1) is 18.0. The Labute approximate surface area is 159 Å². The van der Waals surface area contributed by atoms with Crippen LogP contribution in [0.5, 0.6) is 0 Å². The van der Waals surface area contributed by atoms with Gasteiger partial charge in [0.25, 0.3) is 5.91 Å². The summed E-state index contributed by atoms with van der Waals surface area (Å²) in [7, 11) is 0. The summed E-state index contributed by atoms with van der Waals surface area (Å²) < 4.78 is 5.33. The molecule has 0 spiro atoms. The molecule has 2 heterocycles. The third-order valence-electron chi connectivity index (χ3n) is 5.91. The molecule has 1 atom stereocenters. The summed E-state index contributed by atoms with van der Waals surface area (Å²) in [6.45, 7) is 2.60. The third kappa shape index (κ3) is 3.96. The molecule has 142 valence electrons. The quantitative estimate of drug-likeness (QED) is 0.882. The Morgan fingerprint density at radius 1 is 1.12 bits per heavy atom. The van der Waals surface area contributed by atoms with Crippen molar-refractivity contribution in [2.75, 3.05) is 26.3 Å². The molecule has 0 bridgehead atoms. The van der Waals surface area contributed by atoms with E-state index in [-0.39, 0.29) is 17.7 Å². The lowest BCUT2D eigenvalue weighted by atomic mass is 9.87. The van der Waals surface area contributed by atoms with Gasteiger partial charge in [-0.2, -0.15) is 0 Å². The van der Waals surface area contributed by atoms with E-state index in [1.165, 1.54) is 29.7 Å². The highest BCUT2D eigenvalue weighted by Gasteiger charge is 2.30. The number of hydrogen-bond acceptors (Lipinski definition) is 4. The van der Waals surface area contributed by atoms with E-state index in [1.807, 2.05) is 11.0 Å². The number of rotatable bonds is 3. The zero-order valence-electron chi connectivity index (χ0n) is 15.3. The number of nitrogens with one attached hydrogen (secondary N) is 1. The molecule has 0 aromatic carbocycles. The number of ether oxygens (including phenoxy) is 1. The lowest BCUT2D eigenvalue weighted by molar-refractivity contribution is -0.126. The predicted octanol–water partition coefficient (Wildman–Crippen LogP) is 2.77. The molecule has 1 saturated carbocycles. The Balaban J connectivity index is 1.38. The number of amides is 2. The van der Waals surface area contributed by atoms with E-state index in [0.29, 0.717) is 32.3 Å². The highest BCUT2D eigenvalue weighted by Crippen LogP contribution is 2.33. The molecule has 2 fully saturated rings. The minimum Gasteiger partial charge on any atom is -0.378 e. The molecule has 0 unspecified atom stereocenters. The summed E-state index contributed by atoms with van der Waals surface area (Å²) in [5.41, 5.74) is 1.21. The van der Waals surface area contributed by atoms with E-state index >= 15 is 0 Å². The smallest absolute Gasteiger partial charge is 0.264 e. The Morgan fingerprint density at radius 3 is 2.65 bits per heavy atom. The number of hydrogen-bond donors (Lipinski definition) is 1. The molecule has 2 aliphatic carbocycles. The number of fused-ring (bicyclic) bond motifs is 1. The lowest BCUT2D eigenvalue weighted by Gasteiger charge is -2.27. The minimum atomic E-state index is 0.0605. The van der Waals surface area contributed by atoms with Crippen LogP contribution in [0.2, 0.25) is 0 Å². The largest absolute Gasteiger partial charge is 0.378 e. The topological polar surface area (TPSA) is 58.6 Å². The van der Waals surface area contributed by atoms with Crippen molar-refractivity contribution in [3.05, 3.63) is 21.4 Å². The lowest BCUT2D eigenvalue weighted by Crippen LogP contribution is -2.41. The SMILES string of the molecule is O=C(NC1CCCCC1)[C@H]1CCc2sc(C(=O)N3CCOCC3)cc2C1. The van der Waals surface area contributed by atoms with Crippen molar-refractivity contribution in [1.82, 2.24) is 10.2 Å². The van der Waals surface area contributed by atoms with Gasteiger partial charge in [0.2, 0.25) is 5.91 Å². The van der Waals surface area contributed by atoms with Gasteiger partial charge in [0.05, 0.1) is 18.1 Å². The van der Waals surface area contributed by atoms with Crippen LogP contribution in [0.25, 0.3) is 0 Å². The molecular weight excluding hydrogens is 348 g/mol. The normalized spacial score (nSPS) is 24.2. The molecule has 26 heavy (non-hydrogen) atoms. The van der Waals surface area contributed by atoms with Crippen LogP contribution < -0.4 is 5.32 Å². The first-order chi connectivity index (χ1) is 12.7. The van der Waals surface area contributed by atoms with Gasteiger partial charge in [0, 0.05) is 29.9 Å². The number of nitrogens with zero attached hydrogens (tertiary/aromatic N) is 1. The summed E-state index contributed by atoms with van der Waals surface area (Å²) in [5.74, 6) is 0.399. The summed E-state index contributed by atoms with van der Waals surface area (Å²) >= 11 is 1.62. The van der Waals surface area contributed by atoms with E-state index < -0.39 is 0 Å². The van der Waals surface area contributed by atoms with Crippen LogP contribution in [-0.4, -0.2) is 49.1 Å². The van der Waals surface area contributed by atoms with Crippen molar-refractivity contribution in [3.63, 3.8) is 0 Å². The fourth-order valence-electron chi connectivity index (χ4n) is 4.34. The molecule has 1 aromatic rings. The Kier molecular flexibility index (Phi) is 5.60. The summed E-state index contributed by atoms with van der Waals surface area (Å²) in [6, 6.07) is 2.41. The van der Waals surface area contributed by atoms with Gasteiger partial charge in [-0.3, -0.25) is 9.59 Å². The highest BCUT2D eigenvalue weighted by molar-refractivity contribution is 7.14. The first-order valence-corrected chi connectivity index (χ1v) is 10.8. The Bertz CT molecular complexity index is 660. The molecule has 0 radical (unpaired) electrons. The van der Waals surface area contributed by atoms with Crippen LogP contribution in [-0.2, 0) is 22.4 Å². The molecule has 1 saturated heterocycles. The first-order valence-electron chi connectivity index (χ1n) is 9.99. The highest BCUT2D eigenvalue weighted by atomic mass is 32.1. The number of thiophene rings is 1. The second kappa shape index (κ2) is 8.09. The minimum absolute atomic E-state index is 0.0605. The van der Waals surface area contributed by atoms with Crippen molar-refractivity contribution in [1.29, 1.82) is 0 Å². The van der Waals surface area contributed by atoms with Gasteiger partial charge in [0.15, 0.2) is 0 Å². The summed E-state index contributed by atoms with van der Waals surface area (Å²) in [6.07, 6.45) is 8.61. The van der Waals surface area contributed by atoms with E-state index in [1.54, 1.807) is 11.3 Å².